The van der Waals surface area contributed by atoms with Crippen LogP contribution in [0.3, 0.4) is 0 Å². The van der Waals surface area contributed by atoms with Gasteiger partial charge in [0.25, 0.3) is 0 Å². The highest BCUT2D eigenvalue weighted by molar-refractivity contribution is 5.64. The van der Waals surface area contributed by atoms with Crippen molar-refractivity contribution in [3.8, 4) is 11.3 Å². The van der Waals surface area contributed by atoms with Crippen LogP contribution in [0.2, 0.25) is 0 Å². The Kier molecular flexibility index (Phi) is 4.33. The Morgan fingerprint density at radius 2 is 1.96 bits per heavy atom. The van der Waals surface area contributed by atoms with Gasteiger partial charge in [-0.2, -0.15) is 13.2 Å². The molecule has 1 atom stereocenters. The summed E-state index contributed by atoms with van der Waals surface area (Å²) in [6.07, 6.45) is -3.73. The predicted octanol–water partition coefficient (Wildman–Crippen LogP) is 4.12. The van der Waals surface area contributed by atoms with E-state index in [1.807, 2.05) is 0 Å². The zero-order chi connectivity index (χ0) is 17.5. The van der Waals surface area contributed by atoms with Crippen LogP contribution in [0.1, 0.15) is 36.8 Å². The van der Waals surface area contributed by atoms with Gasteiger partial charge >= 0.3 is 6.18 Å². The van der Waals surface area contributed by atoms with Gasteiger partial charge in [-0.15, -0.1) is 0 Å². The molecule has 0 amide bonds. The monoisotopic (exact) mass is 345 g/mol. The molecule has 1 aliphatic heterocycles. The number of hydrogen-bond donors (Lipinski definition) is 1. The molecular formula is C16H16F5N3. The maximum absolute atomic E-state index is 14.1. The minimum absolute atomic E-state index is 0.167. The molecule has 0 saturated carbocycles. The molecule has 2 heterocycles. The molecule has 8 heteroatoms. The summed E-state index contributed by atoms with van der Waals surface area (Å²) in [5, 5.41) is 0. The summed E-state index contributed by atoms with van der Waals surface area (Å²) in [7, 11) is 0. The van der Waals surface area contributed by atoms with Crippen LogP contribution in [0.15, 0.2) is 18.2 Å². The molecule has 2 aromatic rings. The second kappa shape index (κ2) is 6.16. The molecular weight excluding hydrogens is 329 g/mol. The Morgan fingerprint density at radius 1 is 1.21 bits per heavy atom. The van der Waals surface area contributed by atoms with Crippen molar-refractivity contribution in [2.24, 2.45) is 5.73 Å². The third-order valence-corrected chi connectivity index (χ3v) is 4.16. The molecule has 2 N–H and O–H groups in total. The van der Waals surface area contributed by atoms with Crippen molar-refractivity contribution in [3.63, 3.8) is 0 Å². The van der Waals surface area contributed by atoms with Crippen LogP contribution in [0.25, 0.3) is 11.3 Å². The van der Waals surface area contributed by atoms with Gasteiger partial charge in [0.1, 0.15) is 5.82 Å². The van der Waals surface area contributed by atoms with E-state index >= 15 is 0 Å². The van der Waals surface area contributed by atoms with Crippen LogP contribution < -0.4 is 5.73 Å². The molecule has 0 unspecified atom stereocenters. The quantitative estimate of drug-likeness (QED) is 0.832. The van der Waals surface area contributed by atoms with Crippen molar-refractivity contribution in [1.29, 1.82) is 0 Å². The van der Waals surface area contributed by atoms with E-state index in [1.165, 1.54) is 16.7 Å². The Hall–Kier alpha value is -1.96. The lowest BCUT2D eigenvalue weighted by Gasteiger charge is -2.14. The van der Waals surface area contributed by atoms with Crippen molar-refractivity contribution >= 4 is 0 Å². The van der Waals surface area contributed by atoms with Gasteiger partial charge in [-0.05, 0) is 31.4 Å². The first-order chi connectivity index (χ1) is 11.3. The van der Waals surface area contributed by atoms with Crippen molar-refractivity contribution in [2.45, 2.75) is 44.4 Å². The van der Waals surface area contributed by atoms with Gasteiger partial charge in [0.15, 0.2) is 11.6 Å². The fourth-order valence-electron chi connectivity index (χ4n) is 3.07. The SMILES string of the molecule is N[C@@H]1CCCCn2c1nc(-c1cccc(F)c1F)c2CC(F)(F)F. The van der Waals surface area contributed by atoms with Crippen LogP contribution in [0, 0.1) is 11.6 Å². The number of nitrogens with zero attached hydrogens (tertiary/aromatic N) is 2. The van der Waals surface area contributed by atoms with E-state index in [-0.39, 0.29) is 17.0 Å². The van der Waals surface area contributed by atoms with Gasteiger partial charge in [0.2, 0.25) is 0 Å². The number of aromatic nitrogens is 2. The molecule has 0 spiro atoms. The highest BCUT2D eigenvalue weighted by atomic mass is 19.4. The maximum atomic E-state index is 14.1. The van der Waals surface area contributed by atoms with Crippen molar-refractivity contribution in [3.05, 3.63) is 41.4 Å². The lowest BCUT2D eigenvalue weighted by atomic mass is 10.1. The molecule has 0 radical (unpaired) electrons. The number of hydrogen-bond acceptors (Lipinski definition) is 2. The topological polar surface area (TPSA) is 43.8 Å². The largest absolute Gasteiger partial charge is 0.394 e. The highest BCUT2D eigenvalue weighted by Gasteiger charge is 2.35. The van der Waals surface area contributed by atoms with Gasteiger partial charge in [-0.1, -0.05) is 6.07 Å². The summed E-state index contributed by atoms with van der Waals surface area (Å²) in [5.74, 6) is -2.04. The molecule has 0 fully saturated rings. The first-order valence-electron chi connectivity index (χ1n) is 7.64. The predicted molar refractivity (Wildman–Crippen MR) is 78.1 cm³/mol. The van der Waals surface area contributed by atoms with Crippen LogP contribution in [0.4, 0.5) is 22.0 Å². The summed E-state index contributed by atoms with van der Waals surface area (Å²) in [4.78, 5) is 4.18. The maximum Gasteiger partial charge on any atom is 0.394 e. The lowest BCUT2D eigenvalue weighted by Crippen LogP contribution is -2.19. The number of halogens is 5. The molecule has 24 heavy (non-hydrogen) atoms. The summed E-state index contributed by atoms with van der Waals surface area (Å²) >= 11 is 0. The van der Waals surface area contributed by atoms with Crippen molar-refractivity contribution in [1.82, 2.24) is 9.55 Å². The molecule has 1 aromatic heterocycles. The normalized spacial score (nSPS) is 18.3. The Balaban J connectivity index is 2.21. The second-order valence-electron chi connectivity index (χ2n) is 5.91. The Bertz CT molecular complexity index is 751. The summed E-state index contributed by atoms with van der Waals surface area (Å²) in [6.45, 7) is 0.332. The highest BCUT2D eigenvalue weighted by Crippen LogP contribution is 2.35. The van der Waals surface area contributed by atoms with E-state index in [9.17, 15) is 22.0 Å². The van der Waals surface area contributed by atoms with E-state index in [0.29, 0.717) is 25.2 Å². The second-order valence-corrected chi connectivity index (χ2v) is 5.91. The minimum Gasteiger partial charge on any atom is -0.330 e. The molecule has 1 aliphatic rings. The summed E-state index contributed by atoms with van der Waals surface area (Å²) in [6, 6.07) is 2.86. The van der Waals surface area contributed by atoms with Crippen LogP contribution >= 0.6 is 0 Å². The fraction of sp³-hybridized carbons (Fsp3) is 0.438. The number of imidazole rings is 1. The molecule has 0 bridgehead atoms. The Morgan fingerprint density at radius 3 is 2.67 bits per heavy atom. The standard InChI is InChI=1S/C16H16F5N3/c17-10-5-3-4-9(13(10)18)14-12(8-16(19,20)21)24-7-2-1-6-11(22)15(24)23-14/h3-5,11H,1-2,6-8,22H2/t11-/m1/s1. The molecule has 3 rings (SSSR count). The number of fused-ring (bicyclic) bond motifs is 1. The van der Waals surface area contributed by atoms with E-state index < -0.39 is 30.3 Å². The molecule has 0 aliphatic carbocycles. The van der Waals surface area contributed by atoms with Gasteiger partial charge in [-0.3, -0.25) is 0 Å². The van der Waals surface area contributed by atoms with Crippen LogP contribution in [-0.4, -0.2) is 15.7 Å². The fourth-order valence-corrected chi connectivity index (χ4v) is 3.07. The zero-order valence-electron chi connectivity index (χ0n) is 12.7. The average Bonchev–Trinajstić information content (AvgIpc) is 2.72. The van der Waals surface area contributed by atoms with Crippen LogP contribution in [0.5, 0.6) is 0 Å². The van der Waals surface area contributed by atoms with Gasteiger partial charge < -0.3 is 10.3 Å². The summed E-state index contributed by atoms with van der Waals surface area (Å²) < 4.78 is 68.1. The lowest BCUT2D eigenvalue weighted by molar-refractivity contribution is -0.128. The molecule has 0 saturated heterocycles. The van der Waals surface area contributed by atoms with E-state index in [1.54, 1.807) is 0 Å². The van der Waals surface area contributed by atoms with Crippen LogP contribution in [-0.2, 0) is 13.0 Å². The van der Waals surface area contributed by atoms with E-state index in [2.05, 4.69) is 4.98 Å². The third-order valence-electron chi connectivity index (χ3n) is 4.16. The molecule has 130 valence electrons. The first kappa shape index (κ1) is 16.9. The number of alkyl halides is 3. The molecule has 3 nitrogen and oxygen atoms in total. The van der Waals surface area contributed by atoms with Gasteiger partial charge in [0, 0.05) is 12.1 Å². The summed E-state index contributed by atoms with van der Waals surface area (Å²) in [5.41, 5.74) is 5.38. The minimum atomic E-state index is -4.49. The van der Waals surface area contributed by atoms with Crippen molar-refractivity contribution < 1.29 is 22.0 Å². The average molecular weight is 345 g/mol. The number of rotatable bonds is 2. The Labute approximate surface area is 135 Å². The van der Waals surface area contributed by atoms with E-state index in [4.69, 9.17) is 5.73 Å². The molecule has 1 aromatic carbocycles. The van der Waals surface area contributed by atoms with Gasteiger partial charge in [-0.25, -0.2) is 13.8 Å². The number of benzene rings is 1. The van der Waals surface area contributed by atoms with E-state index in [0.717, 1.165) is 12.5 Å². The van der Waals surface area contributed by atoms with Gasteiger partial charge in [0.05, 0.1) is 23.9 Å². The zero-order valence-corrected chi connectivity index (χ0v) is 12.7. The smallest absolute Gasteiger partial charge is 0.330 e. The third kappa shape index (κ3) is 3.15. The number of nitrogens with two attached hydrogens (primary N) is 1. The first-order valence-corrected chi connectivity index (χ1v) is 7.64. The van der Waals surface area contributed by atoms with Crippen molar-refractivity contribution in [2.75, 3.05) is 0 Å².